The maximum Gasteiger partial charge on any atom is 0.111 e. The van der Waals surface area contributed by atoms with Crippen molar-refractivity contribution >= 4 is 0 Å². The summed E-state index contributed by atoms with van der Waals surface area (Å²) in [6, 6.07) is 0. The van der Waals surface area contributed by atoms with Gasteiger partial charge in [0, 0.05) is 12.5 Å². The summed E-state index contributed by atoms with van der Waals surface area (Å²) in [6.45, 7) is 7.89. The molecule has 1 atom stereocenters. The highest BCUT2D eigenvalue weighted by Gasteiger charge is 2.28. The Morgan fingerprint density at radius 2 is 2.15 bits per heavy atom. The fourth-order valence-electron chi connectivity index (χ4n) is 2.32. The van der Waals surface area contributed by atoms with Crippen LogP contribution in [0.15, 0.2) is 0 Å². The van der Waals surface area contributed by atoms with Gasteiger partial charge in [0.1, 0.15) is 6.23 Å². The lowest BCUT2D eigenvalue weighted by Gasteiger charge is -2.33. The van der Waals surface area contributed by atoms with E-state index in [9.17, 15) is 0 Å². The van der Waals surface area contributed by atoms with Crippen molar-refractivity contribution in [3.63, 3.8) is 0 Å². The first kappa shape index (κ1) is 9.44. The van der Waals surface area contributed by atoms with Crippen molar-refractivity contribution in [1.82, 2.24) is 10.2 Å². The zero-order valence-corrected chi connectivity index (χ0v) is 8.46. The smallest absolute Gasteiger partial charge is 0.111 e. The van der Waals surface area contributed by atoms with E-state index in [2.05, 4.69) is 17.1 Å². The summed E-state index contributed by atoms with van der Waals surface area (Å²) in [4.78, 5) is 2.52. The quantitative estimate of drug-likeness (QED) is 0.682. The number of rotatable bonds is 2. The molecule has 3 heteroatoms. The monoisotopic (exact) mass is 184 g/mol. The van der Waals surface area contributed by atoms with Crippen LogP contribution in [0.2, 0.25) is 0 Å². The lowest BCUT2D eigenvalue weighted by atomic mass is 9.95. The molecule has 1 unspecified atom stereocenters. The molecule has 2 heterocycles. The van der Waals surface area contributed by atoms with Crippen molar-refractivity contribution in [1.29, 1.82) is 0 Å². The Morgan fingerprint density at radius 3 is 2.69 bits per heavy atom. The number of nitrogens with zero attached hydrogens (tertiary/aromatic N) is 1. The van der Waals surface area contributed by atoms with Crippen molar-refractivity contribution in [2.75, 3.05) is 32.8 Å². The number of ether oxygens (including phenoxy) is 1. The van der Waals surface area contributed by atoms with Gasteiger partial charge in [0.25, 0.3) is 0 Å². The highest BCUT2D eigenvalue weighted by molar-refractivity contribution is 4.79. The van der Waals surface area contributed by atoms with Crippen molar-refractivity contribution < 1.29 is 4.74 Å². The molecule has 0 aromatic heterocycles. The molecule has 0 saturated carbocycles. The van der Waals surface area contributed by atoms with Crippen LogP contribution in [0, 0.1) is 5.92 Å². The van der Waals surface area contributed by atoms with Gasteiger partial charge in [-0.2, -0.15) is 0 Å². The SMILES string of the molecule is CCN1CCC(C2NCCO2)CC1. The van der Waals surface area contributed by atoms with E-state index in [4.69, 9.17) is 4.74 Å². The lowest BCUT2D eigenvalue weighted by Crippen LogP contribution is -2.41. The highest BCUT2D eigenvalue weighted by atomic mass is 16.5. The maximum atomic E-state index is 5.63. The average molecular weight is 184 g/mol. The van der Waals surface area contributed by atoms with Gasteiger partial charge in [-0.05, 0) is 32.5 Å². The minimum atomic E-state index is 0.360. The van der Waals surface area contributed by atoms with Gasteiger partial charge in [-0.1, -0.05) is 6.92 Å². The molecule has 0 aromatic carbocycles. The third kappa shape index (κ3) is 2.22. The van der Waals surface area contributed by atoms with Crippen molar-refractivity contribution in [2.24, 2.45) is 5.92 Å². The number of piperidine rings is 1. The summed E-state index contributed by atoms with van der Waals surface area (Å²) in [5.41, 5.74) is 0. The molecule has 13 heavy (non-hydrogen) atoms. The van der Waals surface area contributed by atoms with Crippen LogP contribution < -0.4 is 5.32 Å². The number of hydrogen-bond acceptors (Lipinski definition) is 3. The largest absolute Gasteiger partial charge is 0.362 e. The molecule has 0 amide bonds. The first-order valence-corrected chi connectivity index (χ1v) is 5.47. The highest BCUT2D eigenvalue weighted by Crippen LogP contribution is 2.22. The maximum absolute atomic E-state index is 5.63. The van der Waals surface area contributed by atoms with E-state index >= 15 is 0 Å². The van der Waals surface area contributed by atoms with E-state index in [0.29, 0.717) is 6.23 Å². The second-order valence-electron chi connectivity index (χ2n) is 4.02. The molecular formula is C10H20N2O. The van der Waals surface area contributed by atoms with E-state index in [1.807, 2.05) is 0 Å². The Bertz CT molecular complexity index is 149. The molecule has 76 valence electrons. The Kier molecular flexibility index (Phi) is 3.19. The number of nitrogens with one attached hydrogen (secondary N) is 1. The van der Waals surface area contributed by atoms with E-state index in [0.717, 1.165) is 19.1 Å². The van der Waals surface area contributed by atoms with Crippen molar-refractivity contribution in [2.45, 2.75) is 26.0 Å². The zero-order valence-electron chi connectivity index (χ0n) is 8.46. The lowest BCUT2D eigenvalue weighted by molar-refractivity contribution is 0.0229. The Hall–Kier alpha value is -0.120. The third-order valence-electron chi connectivity index (χ3n) is 3.25. The van der Waals surface area contributed by atoms with Crippen LogP contribution in [-0.4, -0.2) is 43.9 Å². The first-order valence-electron chi connectivity index (χ1n) is 5.47. The molecular weight excluding hydrogens is 164 g/mol. The first-order chi connectivity index (χ1) is 6.40. The van der Waals surface area contributed by atoms with Crippen molar-refractivity contribution in [3.05, 3.63) is 0 Å². The van der Waals surface area contributed by atoms with E-state index in [1.165, 1.54) is 32.5 Å². The molecule has 2 aliphatic heterocycles. The van der Waals surface area contributed by atoms with E-state index in [1.54, 1.807) is 0 Å². The van der Waals surface area contributed by atoms with Gasteiger partial charge in [0.15, 0.2) is 0 Å². The summed E-state index contributed by atoms with van der Waals surface area (Å²) < 4.78 is 5.63. The summed E-state index contributed by atoms with van der Waals surface area (Å²) in [5.74, 6) is 0.755. The molecule has 2 rings (SSSR count). The van der Waals surface area contributed by atoms with Crippen LogP contribution in [0.4, 0.5) is 0 Å². The predicted molar refractivity (Wildman–Crippen MR) is 52.6 cm³/mol. The van der Waals surface area contributed by atoms with Gasteiger partial charge < -0.3 is 9.64 Å². The topological polar surface area (TPSA) is 24.5 Å². The van der Waals surface area contributed by atoms with Crippen LogP contribution in [-0.2, 0) is 4.74 Å². The van der Waals surface area contributed by atoms with Gasteiger partial charge >= 0.3 is 0 Å². The van der Waals surface area contributed by atoms with E-state index < -0.39 is 0 Å². The van der Waals surface area contributed by atoms with Gasteiger partial charge in [0.2, 0.25) is 0 Å². The van der Waals surface area contributed by atoms with Crippen molar-refractivity contribution in [3.8, 4) is 0 Å². The molecule has 3 nitrogen and oxygen atoms in total. The van der Waals surface area contributed by atoms with Crippen LogP contribution in [0.5, 0.6) is 0 Å². The fraction of sp³-hybridized carbons (Fsp3) is 1.00. The molecule has 2 fully saturated rings. The molecule has 0 spiro atoms. The molecule has 0 radical (unpaired) electrons. The number of hydrogen-bond donors (Lipinski definition) is 1. The molecule has 1 N–H and O–H groups in total. The Balaban J connectivity index is 1.77. The summed E-state index contributed by atoms with van der Waals surface area (Å²) in [6.07, 6.45) is 2.95. The fourth-order valence-corrected chi connectivity index (χ4v) is 2.32. The minimum absolute atomic E-state index is 0.360. The molecule has 0 aliphatic carbocycles. The second-order valence-corrected chi connectivity index (χ2v) is 4.02. The second kappa shape index (κ2) is 4.40. The molecule has 2 saturated heterocycles. The Labute approximate surface area is 80.4 Å². The van der Waals surface area contributed by atoms with Gasteiger partial charge in [-0.3, -0.25) is 5.32 Å². The number of likely N-dealkylation sites (tertiary alicyclic amines) is 1. The Morgan fingerprint density at radius 1 is 1.38 bits per heavy atom. The normalized spacial score (nSPS) is 32.5. The van der Waals surface area contributed by atoms with Crippen LogP contribution >= 0.6 is 0 Å². The average Bonchev–Trinajstić information content (AvgIpc) is 2.71. The van der Waals surface area contributed by atoms with Crippen LogP contribution in [0.25, 0.3) is 0 Å². The van der Waals surface area contributed by atoms with Crippen LogP contribution in [0.3, 0.4) is 0 Å². The summed E-state index contributed by atoms with van der Waals surface area (Å²) in [5, 5.41) is 3.42. The van der Waals surface area contributed by atoms with Gasteiger partial charge in [-0.25, -0.2) is 0 Å². The summed E-state index contributed by atoms with van der Waals surface area (Å²) in [7, 11) is 0. The summed E-state index contributed by atoms with van der Waals surface area (Å²) >= 11 is 0. The van der Waals surface area contributed by atoms with Gasteiger partial charge in [0.05, 0.1) is 6.61 Å². The van der Waals surface area contributed by atoms with E-state index in [-0.39, 0.29) is 0 Å². The minimum Gasteiger partial charge on any atom is -0.362 e. The molecule has 2 aliphatic rings. The third-order valence-corrected chi connectivity index (χ3v) is 3.25. The molecule has 0 aromatic rings. The molecule has 0 bridgehead atoms. The predicted octanol–water partition coefficient (Wildman–Crippen LogP) is 0.664. The van der Waals surface area contributed by atoms with Gasteiger partial charge in [-0.15, -0.1) is 0 Å². The zero-order chi connectivity index (χ0) is 9.10. The van der Waals surface area contributed by atoms with Crippen LogP contribution in [0.1, 0.15) is 19.8 Å². The standard InChI is InChI=1S/C10H20N2O/c1-2-12-6-3-9(4-7-12)10-11-5-8-13-10/h9-11H,2-8H2,1H3.